The number of halogens is 1. The topological polar surface area (TPSA) is 75.7 Å². The van der Waals surface area contributed by atoms with Gasteiger partial charge in [-0.05, 0) is 36.4 Å². The number of carbonyl (C=O) groups excluding carboxylic acids is 3. The summed E-state index contributed by atoms with van der Waals surface area (Å²) >= 11 is 1.56. The molecule has 0 unspecified atom stereocenters. The van der Waals surface area contributed by atoms with Crippen LogP contribution in [0.15, 0.2) is 82.6 Å². The lowest BCUT2D eigenvalue weighted by molar-refractivity contribution is -0.146. The third-order valence-corrected chi connectivity index (χ3v) is 5.68. The van der Waals surface area contributed by atoms with Crippen molar-refractivity contribution in [2.24, 2.45) is 0 Å². The van der Waals surface area contributed by atoms with Crippen molar-refractivity contribution in [3.05, 3.63) is 84.2 Å². The van der Waals surface area contributed by atoms with Gasteiger partial charge in [-0.3, -0.25) is 19.3 Å². The Balaban J connectivity index is 1.40. The predicted octanol–water partition coefficient (Wildman–Crippen LogP) is 3.93. The Bertz CT molecular complexity index is 1120. The largest absolute Gasteiger partial charge is 0.454 e. The zero-order valence-corrected chi connectivity index (χ0v) is 17.0. The van der Waals surface area contributed by atoms with Gasteiger partial charge in [0.05, 0.1) is 16.9 Å². The molecule has 4 rings (SSSR count). The fourth-order valence-electron chi connectivity index (χ4n) is 3.12. The van der Waals surface area contributed by atoms with Gasteiger partial charge in [0.25, 0.3) is 11.8 Å². The molecule has 1 aliphatic rings. The van der Waals surface area contributed by atoms with Crippen molar-refractivity contribution >= 4 is 40.9 Å². The molecule has 1 aliphatic heterocycles. The lowest BCUT2D eigenvalue weighted by Gasteiger charge is -2.30. The number of hydrogen-bond acceptors (Lipinski definition) is 5. The van der Waals surface area contributed by atoms with E-state index in [4.69, 9.17) is 4.74 Å². The lowest BCUT2D eigenvalue weighted by Crippen LogP contribution is -2.35. The van der Waals surface area contributed by atoms with Crippen LogP contribution in [-0.4, -0.2) is 30.9 Å². The summed E-state index contributed by atoms with van der Waals surface area (Å²) < 4.78 is 18.7. The van der Waals surface area contributed by atoms with Gasteiger partial charge < -0.3 is 10.1 Å². The summed E-state index contributed by atoms with van der Waals surface area (Å²) in [7, 11) is 0. The van der Waals surface area contributed by atoms with Gasteiger partial charge in [-0.15, -0.1) is 0 Å². The number of benzene rings is 3. The van der Waals surface area contributed by atoms with Crippen LogP contribution in [0, 0.1) is 5.82 Å². The molecule has 0 atom stereocenters. The second-order valence-electron chi connectivity index (χ2n) is 6.59. The number of carbonyl (C=O) groups is 3. The van der Waals surface area contributed by atoms with Gasteiger partial charge in [-0.2, -0.15) is 0 Å². The maximum atomic E-state index is 13.6. The number of nitrogens with zero attached hydrogens (tertiary/aromatic N) is 1. The second-order valence-corrected chi connectivity index (χ2v) is 7.67. The zero-order chi connectivity index (χ0) is 21.8. The molecule has 0 bridgehead atoms. The van der Waals surface area contributed by atoms with Gasteiger partial charge >= 0.3 is 5.97 Å². The third kappa shape index (κ3) is 4.44. The van der Waals surface area contributed by atoms with Crippen LogP contribution in [0.25, 0.3) is 0 Å². The minimum absolute atomic E-state index is 0.176. The van der Waals surface area contributed by atoms with E-state index in [2.05, 4.69) is 5.32 Å². The monoisotopic (exact) mass is 436 g/mol. The number of anilines is 2. The molecule has 6 nitrogen and oxygen atoms in total. The van der Waals surface area contributed by atoms with E-state index >= 15 is 0 Å². The summed E-state index contributed by atoms with van der Waals surface area (Å²) in [6, 6.07) is 20.4. The Morgan fingerprint density at radius 3 is 2.10 bits per heavy atom. The molecule has 0 aliphatic carbocycles. The molecule has 0 fully saturated rings. The molecule has 0 spiro atoms. The first-order chi connectivity index (χ1) is 15.0. The third-order valence-electron chi connectivity index (χ3n) is 4.55. The molecule has 3 aromatic rings. The van der Waals surface area contributed by atoms with E-state index in [1.807, 2.05) is 48.5 Å². The first kappa shape index (κ1) is 20.6. The Kier molecular flexibility index (Phi) is 5.99. The average molecular weight is 436 g/mol. The van der Waals surface area contributed by atoms with Crippen LogP contribution in [-0.2, 0) is 14.3 Å². The van der Waals surface area contributed by atoms with Crippen LogP contribution < -0.4 is 10.2 Å². The number of amides is 2. The lowest BCUT2D eigenvalue weighted by atomic mass is 10.2. The van der Waals surface area contributed by atoms with Crippen molar-refractivity contribution < 1.29 is 23.5 Å². The highest BCUT2D eigenvalue weighted by Gasteiger charge is 2.28. The summed E-state index contributed by atoms with van der Waals surface area (Å²) in [5.41, 5.74) is 1.24. The molecular formula is C23H17FN2O4S. The van der Waals surface area contributed by atoms with Gasteiger partial charge in [-0.1, -0.05) is 48.2 Å². The maximum absolute atomic E-state index is 13.6. The molecule has 2 amide bonds. The molecule has 1 heterocycles. The normalized spacial score (nSPS) is 11.8. The van der Waals surface area contributed by atoms with E-state index < -0.39 is 36.8 Å². The van der Waals surface area contributed by atoms with E-state index in [0.29, 0.717) is 11.4 Å². The minimum atomic E-state index is -0.800. The van der Waals surface area contributed by atoms with Gasteiger partial charge in [-0.25, -0.2) is 4.39 Å². The number of para-hydroxylation sites is 2. The summed E-state index contributed by atoms with van der Waals surface area (Å²) in [6.45, 7) is -0.981. The van der Waals surface area contributed by atoms with Gasteiger partial charge in [0.2, 0.25) is 0 Å². The smallest absolute Gasteiger partial charge is 0.325 e. The molecule has 0 aromatic heterocycles. The van der Waals surface area contributed by atoms with Gasteiger partial charge in [0.15, 0.2) is 6.61 Å². The number of hydrogen-bond donors (Lipinski definition) is 1. The highest BCUT2D eigenvalue weighted by atomic mass is 32.2. The molecular weight excluding hydrogens is 419 g/mol. The Morgan fingerprint density at radius 2 is 1.45 bits per heavy atom. The standard InChI is InChI=1S/C23H17FN2O4S/c24-16-8-2-1-7-15(16)23(29)25-13-22(28)30-14-21(27)26-17-9-3-5-11-19(17)31-20-12-6-4-10-18(20)26/h1-12H,13-14H2,(H,25,29). The zero-order valence-electron chi connectivity index (χ0n) is 16.2. The number of fused-ring (bicyclic) bond motifs is 2. The number of esters is 1. The Morgan fingerprint density at radius 1 is 0.871 bits per heavy atom. The number of ether oxygens (including phenoxy) is 1. The van der Waals surface area contributed by atoms with E-state index in [0.717, 1.165) is 15.9 Å². The van der Waals surface area contributed by atoms with Crippen molar-refractivity contribution in [1.82, 2.24) is 5.32 Å². The molecule has 0 saturated carbocycles. The highest BCUT2D eigenvalue weighted by molar-refractivity contribution is 7.99. The van der Waals surface area contributed by atoms with Crippen LogP contribution in [0.5, 0.6) is 0 Å². The Labute approximate surface area is 182 Å². The molecule has 8 heteroatoms. The Hall–Kier alpha value is -3.65. The van der Waals surface area contributed by atoms with Crippen LogP contribution in [0.3, 0.4) is 0 Å². The fourth-order valence-corrected chi connectivity index (χ4v) is 4.18. The molecule has 0 saturated heterocycles. The second kappa shape index (κ2) is 9.01. The fraction of sp³-hybridized carbons (Fsp3) is 0.0870. The molecule has 156 valence electrons. The summed E-state index contributed by atoms with van der Waals surface area (Å²) in [4.78, 5) is 40.3. The van der Waals surface area contributed by atoms with Crippen LogP contribution in [0.4, 0.5) is 15.8 Å². The quantitative estimate of drug-likeness (QED) is 0.614. The van der Waals surface area contributed by atoms with Crippen molar-refractivity contribution in [2.75, 3.05) is 18.1 Å². The molecule has 3 aromatic carbocycles. The molecule has 31 heavy (non-hydrogen) atoms. The summed E-state index contributed by atoms with van der Waals surface area (Å²) in [6.07, 6.45) is 0. The first-order valence-electron chi connectivity index (χ1n) is 9.42. The van der Waals surface area contributed by atoms with Gasteiger partial charge in [0.1, 0.15) is 12.4 Å². The highest BCUT2D eigenvalue weighted by Crippen LogP contribution is 2.47. The SMILES string of the molecule is O=C(CNC(=O)c1ccccc1F)OCC(=O)N1c2ccccc2Sc2ccccc21. The van der Waals surface area contributed by atoms with Crippen LogP contribution >= 0.6 is 11.8 Å². The van der Waals surface area contributed by atoms with E-state index in [1.165, 1.54) is 23.1 Å². The van der Waals surface area contributed by atoms with E-state index in [-0.39, 0.29) is 5.56 Å². The van der Waals surface area contributed by atoms with Crippen molar-refractivity contribution in [3.63, 3.8) is 0 Å². The van der Waals surface area contributed by atoms with Crippen molar-refractivity contribution in [1.29, 1.82) is 0 Å². The van der Waals surface area contributed by atoms with Crippen LogP contribution in [0.1, 0.15) is 10.4 Å². The summed E-state index contributed by atoms with van der Waals surface area (Å²) in [5.74, 6) is -2.65. The average Bonchev–Trinajstić information content (AvgIpc) is 2.79. The van der Waals surface area contributed by atoms with Gasteiger partial charge in [0, 0.05) is 9.79 Å². The van der Waals surface area contributed by atoms with Crippen LogP contribution in [0.2, 0.25) is 0 Å². The number of rotatable bonds is 5. The summed E-state index contributed by atoms with van der Waals surface area (Å²) in [5, 5.41) is 2.29. The van der Waals surface area contributed by atoms with E-state index in [1.54, 1.807) is 11.8 Å². The first-order valence-corrected chi connectivity index (χ1v) is 10.2. The van der Waals surface area contributed by atoms with E-state index in [9.17, 15) is 18.8 Å². The minimum Gasteiger partial charge on any atom is -0.454 e. The maximum Gasteiger partial charge on any atom is 0.325 e. The van der Waals surface area contributed by atoms with Crippen molar-refractivity contribution in [2.45, 2.75) is 9.79 Å². The predicted molar refractivity (Wildman–Crippen MR) is 114 cm³/mol. The molecule has 1 N–H and O–H groups in total. The van der Waals surface area contributed by atoms with Crippen molar-refractivity contribution in [3.8, 4) is 0 Å². The molecule has 0 radical (unpaired) electrons. The number of nitrogens with one attached hydrogen (secondary N) is 1.